The third-order valence-corrected chi connectivity index (χ3v) is 3.63. The highest BCUT2D eigenvalue weighted by atomic mass is 127. The van der Waals surface area contributed by atoms with Crippen molar-refractivity contribution >= 4 is 44.3 Å². The highest BCUT2D eigenvalue weighted by Crippen LogP contribution is 2.20. The number of halogens is 2. The van der Waals surface area contributed by atoms with Crippen molar-refractivity contribution in [1.29, 1.82) is 0 Å². The number of carbonyl (C=O) groups is 1. The maximum atomic E-state index is 12.2. The van der Waals surface area contributed by atoms with Crippen molar-refractivity contribution in [3.8, 4) is 0 Å². The van der Waals surface area contributed by atoms with E-state index in [1.165, 1.54) is 0 Å². The maximum Gasteiger partial charge on any atom is 0.229 e. The van der Waals surface area contributed by atoms with E-state index < -0.39 is 0 Å². The summed E-state index contributed by atoms with van der Waals surface area (Å²) in [6, 6.07) is 5.64. The molecule has 1 aromatic heterocycles. The lowest BCUT2D eigenvalue weighted by molar-refractivity contribution is 0.102. The van der Waals surface area contributed by atoms with E-state index in [-0.39, 0.29) is 5.78 Å². The van der Waals surface area contributed by atoms with Gasteiger partial charge in [-0.05, 0) is 40.8 Å². The van der Waals surface area contributed by atoms with Crippen molar-refractivity contribution in [3.63, 3.8) is 0 Å². The number of carbonyl (C=O) groups excluding carboxylic acids is 1. The van der Waals surface area contributed by atoms with Crippen LogP contribution >= 0.6 is 38.5 Å². The van der Waals surface area contributed by atoms with Crippen LogP contribution in [0, 0.1) is 3.57 Å². The zero-order valence-corrected chi connectivity index (χ0v) is 12.2. The second kappa shape index (κ2) is 4.67. The fraction of sp³-hybridized carbons (Fsp3) is 0.0909. The molecule has 0 N–H and O–H groups in total. The van der Waals surface area contributed by atoms with Gasteiger partial charge >= 0.3 is 0 Å². The summed E-state index contributed by atoms with van der Waals surface area (Å²) in [6.45, 7) is 0. The first-order valence-electron chi connectivity index (χ1n) is 4.56. The Morgan fingerprint density at radius 3 is 2.88 bits per heavy atom. The van der Waals surface area contributed by atoms with Crippen LogP contribution in [0.3, 0.4) is 0 Å². The Kier molecular flexibility index (Phi) is 3.44. The van der Waals surface area contributed by atoms with E-state index in [2.05, 4.69) is 43.5 Å². The van der Waals surface area contributed by atoms with Gasteiger partial charge in [0.05, 0.1) is 0 Å². The normalized spacial score (nSPS) is 10.4. The standard InChI is InChI=1S/C11H8BrIN2O/c1-15-5-4-14-11(15)10(16)8-6-7(12)2-3-9(8)13/h2-6H,1H3. The molecule has 0 bridgehead atoms. The monoisotopic (exact) mass is 390 g/mol. The summed E-state index contributed by atoms with van der Waals surface area (Å²) in [5.41, 5.74) is 0.671. The summed E-state index contributed by atoms with van der Waals surface area (Å²) in [6.07, 6.45) is 3.39. The number of nitrogens with zero attached hydrogens (tertiary/aromatic N) is 2. The fourth-order valence-corrected chi connectivity index (χ4v) is 2.32. The van der Waals surface area contributed by atoms with Gasteiger partial charge in [-0.3, -0.25) is 4.79 Å². The first-order valence-corrected chi connectivity index (χ1v) is 6.44. The molecule has 1 heterocycles. The van der Waals surface area contributed by atoms with E-state index >= 15 is 0 Å². The zero-order chi connectivity index (χ0) is 11.7. The SMILES string of the molecule is Cn1ccnc1C(=O)c1cc(Br)ccc1I. The minimum atomic E-state index is -0.0572. The molecule has 0 fully saturated rings. The fourth-order valence-electron chi connectivity index (χ4n) is 1.38. The van der Waals surface area contributed by atoms with Gasteiger partial charge < -0.3 is 4.57 Å². The minimum Gasteiger partial charge on any atom is -0.331 e. The average Bonchev–Trinajstić information content (AvgIpc) is 2.67. The minimum absolute atomic E-state index is 0.0572. The van der Waals surface area contributed by atoms with Crippen molar-refractivity contribution in [2.75, 3.05) is 0 Å². The number of hydrogen-bond acceptors (Lipinski definition) is 2. The maximum absolute atomic E-state index is 12.2. The van der Waals surface area contributed by atoms with E-state index in [1.54, 1.807) is 17.0 Å². The Balaban J connectivity index is 2.49. The summed E-state index contributed by atoms with van der Waals surface area (Å²) >= 11 is 5.51. The molecule has 0 saturated heterocycles. The second-order valence-electron chi connectivity index (χ2n) is 3.32. The predicted octanol–water partition coefficient (Wildman–Crippen LogP) is 3.02. The van der Waals surface area contributed by atoms with Gasteiger partial charge in [0.25, 0.3) is 0 Å². The van der Waals surface area contributed by atoms with Gasteiger partial charge in [0.2, 0.25) is 5.78 Å². The number of ketones is 1. The second-order valence-corrected chi connectivity index (χ2v) is 5.39. The topological polar surface area (TPSA) is 34.9 Å². The van der Waals surface area contributed by atoms with Gasteiger partial charge in [-0.1, -0.05) is 15.9 Å². The molecular weight excluding hydrogens is 383 g/mol. The zero-order valence-electron chi connectivity index (χ0n) is 8.45. The highest BCUT2D eigenvalue weighted by Gasteiger charge is 2.16. The molecule has 5 heteroatoms. The van der Waals surface area contributed by atoms with Crippen LogP contribution in [-0.4, -0.2) is 15.3 Å². The predicted molar refractivity (Wildman–Crippen MR) is 73.5 cm³/mol. The summed E-state index contributed by atoms with van der Waals surface area (Å²) in [5, 5.41) is 0. The van der Waals surface area contributed by atoms with Crippen molar-refractivity contribution in [2.24, 2.45) is 7.05 Å². The number of imidazole rings is 1. The molecule has 0 atom stereocenters. The Bertz CT molecular complexity index is 551. The molecule has 1 aromatic carbocycles. The number of rotatable bonds is 2. The smallest absolute Gasteiger partial charge is 0.229 e. The van der Waals surface area contributed by atoms with Gasteiger partial charge in [-0.2, -0.15) is 0 Å². The first-order chi connectivity index (χ1) is 7.59. The summed E-state index contributed by atoms with van der Waals surface area (Å²) in [5.74, 6) is 0.397. The number of aryl methyl sites for hydroxylation is 1. The number of aromatic nitrogens is 2. The van der Waals surface area contributed by atoms with Crippen LogP contribution in [0.15, 0.2) is 35.1 Å². The molecule has 0 aliphatic rings. The van der Waals surface area contributed by atoms with E-state index in [1.807, 2.05) is 25.2 Å². The van der Waals surface area contributed by atoms with E-state index in [9.17, 15) is 4.79 Å². The van der Waals surface area contributed by atoms with Crippen LogP contribution in [0.1, 0.15) is 16.2 Å². The molecule has 0 amide bonds. The molecule has 0 radical (unpaired) electrons. The Morgan fingerprint density at radius 1 is 1.50 bits per heavy atom. The van der Waals surface area contributed by atoms with Crippen molar-refractivity contribution in [3.05, 3.63) is 50.0 Å². The Hall–Kier alpha value is -0.690. The summed E-state index contributed by atoms with van der Waals surface area (Å²) < 4.78 is 3.54. The lowest BCUT2D eigenvalue weighted by atomic mass is 10.1. The van der Waals surface area contributed by atoms with Gasteiger partial charge in [-0.25, -0.2) is 4.98 Å². The van der Waals surface area contributed by atoms with E-state index in [4.69, 9.17) is 0 Å². The van der Waals surface area contributed by atoms with E-state index in [0.29, 0.717) is 11.4 Å². The molecule has 0 unspecified atom stereocenters. The van der Waals surface area contributed by atoms with Crippen molar-refractivity contribution in [1.82, 2.24) is 9.55 Å². The first kappa shape index (κ1) is 11.8. The number of hydrogen-bond donors (Lipinski definition) is 0. The van der Waals surface area contributed by atoms with Crippen LogP contribution in [0.4, 0.5) is 0 Å². The molecule has 0 aliphatic heterocycles. The molecule has 0 aliphatic carbocycles. The molecule has 16 heavy (non-hydrogen) atoms. The summed E-state index contributed by atoms with van der Waals surface area (Å²) in [7, 11) is 1.81. The molecule has 3 nitrogen and oxygen atoms in total. The average molecular weight is 391 g/mol. The highest BCUT2D eigenvalue weighted by molar-refractivity contribution is 14.1. The van der Waals surface area contributed by atoms with Crippen LogP contribution in [0.5, 0.6) is 0 Å². The van der Waals surface area contributed by atoms with Crippen LogP contribution in [0.2, 0.25) is 0 Å². The lowest BCUT2D eigenvalue weighted by Gasteiger charge is -2.04. The third kappa shape index (κ3) is 2.20. The molecule has 2 aromatic rings. The van der Waals surface area contributed by atoms with Gasteiger partial charge in [0.15, 0.2) is 5.82 Å². The molecular formula is C11H8BrIN2O. The molecule has 0 spiro atoms. The molecule has 82 valence electrons. The van der Waals surface area contributed by atoms with Gasteiger partial charge in [0, 0.05) is 33.0 Å². The third-order valence-electron chi connectivity index (χ3n) is 2.20. The quantitative estimate of drug-likeness (QED) is 0.583. The van der Waals surface area contributed by atoms with Gasteiger partial charge in [0.1, 0.15) is 0 Å². The Morgan fingerprint density at radius 2 is 2.25 bits per heavy atom. The van der Waals surface area contributed by atoms with Crippen LogP contribution < -0.4 is 0 Å². The lowest BCUT2D eigenvalue weighted by Crippen LogP contribution is -2.10. The summed E-state index contributed by atoms with van der Waals surface area (Å²) in [4.78, 5) is 16.2. The van der Waals surface area contributed by atoms with Crippen molar-refractivity contribution < 1.29 is 4.79 Å². The molecule has 0 saturated carbocycles. The van der Waals surface area contributed by atoms with Crippen LogP contribution in [-0.2, 0) is 7.05 Å². The largest absolute Gasteiger partial charge is 0.331 e. The van der Waals surface area contributed by atoms with Crippen molar-refractivity contribution in [2.45, 2.75) is 0 Å². The van der Waals surface area contributed by atoms with Crippen LogP contribution in [0.25, 0.3) is 0 Å². The molecule has 2 rings (SSSR count). The number of benzene rings is 1. The van der Waals surface area contributed by atoms with Gasteiger partial charge in [-0.15, -0.1) is 0 Å². The Labute approximate surface area is 115 Å². The van der Waals surface area contributed by atoms with E-state index in [0.717, 1.165) is 8.04 Å².